The molecule has 4 nitrogen and oxygen atoms in total. The number of esters is 1. The molecule has 1 aromatic rings. The number of benzene rings is 1. The summed E-state index contributed by atoms with van der Waals surface area (Å²) < 4.78 is 5.28. The van der Waals surface area contributed by atoms with E-state index in [1.54, 1.807) is 25.1 Å². The third-order valence-electron chi connectivity index (χ3n) is 2.05. The van der Waals surface area contributed by atoms with Gasteiger partial charge in [-0.2, -0.15) is 5.26 Å². The van der Waals surface area contributed by atoms with Gasteiger partial charge in [-0.25, -0.2) is 4.79 Å². The number of anilines is 1. The van der Waals surface area contributed by atoms with Gasteiger partial charge in [-0.15, -0.1) is 0 Å². The van der Waals surface area contributed by atoms with Gasteiger partial charge in [0.2, 0.25) is 0 Å². The summed E-state index contributed by atoms with van der Waals surface area (Å²) in [6.07, 6.45) is 0. The summed E-state index contributed by atoms with van der Waals surface area (Å²) in [6, 6.07) is 6.87. The van der Waals surface area contributed by atoms with Crippen LogP contribution in [-0.4, -0.2) is 19.1 Å². The molecule has 1 N–H and O–H groups in total. The van der Waals surface area contributed by atoms with Crippen molar-refractivity contribution in [2.24, 2.45) is 0 Å². The van der Waals surface area contributed by atoms with Gasteiger partial charge in [0, 0.05) is 4.47 Å². The van der Waals surface area contributed by atoms with E-state index < -0.39 is 6.04 Å². The molecule has 0 fully saturated rings. The number of rotatable bonds is 3. The van der Waals surface area contributed by atoms with Crippen molar-refractivity contribution in [1.82, 2.24) is 0 Å². The van der Waals surface area contributed by atoms with E-state index in [-0.39, 0.29) is 5.97 Å². The summed E-state index contributed by atoms with van der Waals surface area (Å²) in [5.74, 6) is -0.371. The Balaban J connectivity index is 2.94. The molecule has 0 spiro atoms. The van der Waals surface area contributed by atoms with E-state index in [4.69, 9.17) is 5.26 Å². The average molecular weight is 283 g/mol. The Hall–Kier alpha value is -1.54. The van der Waals surface area contributed by atoms with Crippen LogP contribution in [0.2, 0.25) is 0 Å². The first kappa shape index (κ1) is 12.5. The largest absolute Gasteiger partial charge is 0.467 e. The van der Waals surface area contributed by atoms with Gasteiger partial charge in [0.15, 0.2) is 0 Å². The molecule has 84 valence electrons. The number of carbonyl (C=O) groups excluding carboxylic acids is 1. The Labute approximate surface area is 102 Å². The van der Waals surface area contributed by atoms with E-state index in [2.05, 4.69) is 32.1 Å². The van der Waals surface area contributed by atoms with Crippen LogP contribution < -0.4 is 5.32 Å². The van der Waals surface area contributed by atoms with E-state index in [0.29, 0.717) is 15.7 Å². The quantitative estimate of drug-likeness (QED) is 0.864. The lowest BCUT2D eigenvalue weighted by molar-refractivity contribution is -0.141. The molecule has 0 aliphatic heterocycles. The summed E-state index contributed by atoms with van der Waals surface area (Å²) in [4.78, 5) is 11.2. The zero-order valence-corrected chi connectivity index (χ0v) is 10.5. The van der Waals surface area contributed by atoms with Gasteiger partial charge >= 0.3 is 5.97 Å². The molecule has 0 saturated carbocycles. The number of carbonyl (C=O) groups is 1. The van der Waals surface area contributed by atoms with Crippen molar-refractivity contribution in [2.45, 2.75) is 13.0 Å². The smallest absolute Gasteiger partial charge is 0.327 e. The van der Waals surface area contributed by atoms with Crippen molar-refractivity contribution in [3.63, 3.8) is 0 Å². The van der Waals surface area contributed by atoms with E-state index in [9.17, 15) is 4.79 Å². The van der Waals surface area contributed by atoms with Crippen molar-refractivity contribution in [1.29, 1.82) is 5.26 Å². The molecule has 1 unspecified atom stereocenters. The molecule has 1 rings (SSSR count). The maximum atomic E-state index is 11.2. The molecule has 16 heavy (non-hydrogen) atoms. The first-order chi connectivity index (χ1) is 7.60. The lowest BCUT2D eigenvalue weighted by Gasteiger charge is -2.14. The minimum Gasteiger partial charge on any atom is -0.467 e. The van der Waals surface area contributed by atoms with Crippen molar-refractivity contribution >= 4 is 27.6 Å². The number of nitrogens with zero attached hydrogens (tertiary/aromatic N) is 1. The minimum absolute atomic E-state index is 0.371. The maximum absolute atomic E-state index is 11.2. The number of nitriles is 1. The number of ether oxygens (including phenoxy) is 1. The topological polar surface area (TPSA) is 62.1 Å². The Morgan fingerprint density at radius 2 is 2.31 bits per heavy atom. The summed E-state index contributed by atoms with van der Waals surface area (Å²) in [6.45, 7) is 1.67. The molecule has 0 saturated heterocycles. The zero-order chi connectivity index (χ0) is 12.1. The molecule has 0 aliphatic carbocycles. The second-order valence-electron chi connectivity index (χ2n) is 3.16. The van der Waals surface area contributed by atoms with Crippen LogP contribution in [0.5, 0.6) is 0 Å². The summed E-state index contributed by atoms with van der Waals surface area (Å²) in [7, 11) is 1.33. The maximum Gasteiger partial charge on any atom is 0.327 e. The predicted molar refractivity (Wildman–Crippen MR) is 64.0 cm³/mol. The Bertz CT molecular complexity index is 440. The van der Waals surface area contributed by atoms with Crippen LogP contribution in [0.1, 0.15) is 12.5 Å². The number of hydrogen-bond acceptors (Lipinski definition) is 4. The van der Waals surface area contributed by atoms with Crippen LogP contribution in [-0.2, 0) is 9.53 Å². The van der Waals surface area contributed by atoms with Crippen LogP contribution in [0.4, 0.5) is 5.69 Å². The molecule has 0 heterocycles. The van der Waals surface area contributed by atoms with Crippen LogP contribution in [0, 0.1) is 11.3 Å². The highest BCUT2D eigenvalue weighted by molar-refractivity contribution is 9.10. The van der Waals surface area contributed by atoms with Crippen LogP contribution >= 0.6 is 15.9 Å². The van der Waals surface area contributed by atoms with Crippen molar-refractivity contribution in [3.8, 4) is 6.07 Å². The molecule has 1 aromatic carbocycles. The van der Waals surface area contributed by atoms with E-state index in [1.807, 2.05) is 0 Å². The van der Waals surface area contributed by atoms with E-state index in [0.717, 1.165) is 0 Å². The second-order valence-corrected chi connectivity index (χ2v) is 4.02. The number of methoxy groups -OCH3 is 1. The second kappa shape index (κ2) is 5.52. The summed E-state index contributed by atoms with van der Waals surface area (Å²) >= 11 is 3.27. The number of halogens is 1. The normalized spacial score (nSPS) is 11.4. The van der Waals surface area contributed by atoms with Crippen LogP contribution in [0.15, 0.2) is 22.7 Å². The molecule has 0 aliphatic rings. The molecule has 0 aromatic heterocycles. The van der Waals surface area contributed by atoms with Crippen LogP contribution in [0.3, 0.4) is 0 Å². The van der Waals surface area contributed by atoms with Gasteiger partial charge in [0.05, 0.1) is 18.4 Å². The molecule has 1 atom stereocenters. The lowest BCUT2D eigenvalue weighted by atomic mass is 10.2. The Kier molecular flexibility index (Phi) is 4.32. The van der Waals surface area contributed by atoms with E-state index >= 15 is 0 Å². The van der Waals surface area contributed by atoms with Crippen molar-refractivity contribution in [2.75, 3.05) is 12.4 Å². The molecule has 5 heteroatoms. The number of hydrogen-bond donors (Lipinski definition) is 1. The molecule has 0 amide bonds. The third kappa shape index (κ3) is 2.74. The molecule has 0 radical (unpaired) electrons. The fourth-order valence-electron chi connectivity index (χ4n) is 1.23. The Morgan fingerprint density at radius 3 is 2.88 bits per heavy atom. The third-order valence-corrected chi connectivity index (χ3v) is 2.71. The SMILES string of the molecule is COC(=O)C(C)Nc1cccc(Br)c1C#N. The molecular formula is C11H11BrN2O2. The van der Waals surface area contributed by atoms with Gasteiger partial charge in [-0.05, 0) is 35.0 Å². The number of nitrogens with one attached hydrogen (secondary N) is 1. The standard InChI is InChI=1S/C11H11BrN2O2/c1-7(11(15)16-2)14-10-5-3-4-9(12)8(10)6-13/h3-5,7,14H,1-2H3. The fourth-order valence-corrected chi connectivity index (χ4v) is 1.68. The fraction of sp³-hybridized carbons (Fsp3) is 0.273. The highest BCUT2D eigenvalue weighted by Gasteiger charge is 2.15. The van der Waals surface area contributed by atoms with Gasteiger partial charge in [-0.1, -0.05) is 6.07 Å². The molecular weight excluding hydrogens is 272 g/mol. The highest BCUT2D eigenvalue weighted by atomic mass is 79.9. The first-order valence-electron chi connectivity index (χ1n) is 4.63. The summed E-state index contributed by atoms with van der Waals surface area (Å²) in [5, 5.41) is 11.9. The van der Waals surface area contributed by atoms with Crippen molar-refractivity contribution < 1.29 is 9.53 Å². The predicted octanol–water partition coefficient (Wildman–Crippen LogP) is 2.29. The average Bonchev–Trinajstić information content (AvgIpc) is 2.28. The van der Waals surface area contributed by atoms with Gasteiger partial charge < -0.3 is 10.1 Å². The highest BCUT2D eigenvalue weighted by Crippen LogP contribution is 2.24. The van der Waals surface area contributed by atoms with Gasteiger partial charge in [-0.3, -0.25) is 0 Å². The minimum atomic E-state index is -0.494. The summed E-state index contributed by atoms with van der Waals surface area (Å²) in [5.41, 5.74) is 1.08. The van der Waals surface area contributed by atoms with Gasteiger partial charge in [0.25, 0.3) is 0 Å². The Morgan fingerprint density at radius 1 is 1.62 bits per heavy atom. The molecule has 0 bridgehead atoms. The van der Waals surface area contributed by atoms with Crippen LogP contribution in [0.25, 0.3) is 0 Å². The monoisotopic (exact) mass is 282 g/mol. The van der Waals surface area contributed by atoms with Gasteiger partial charge in [0.1, 0.15) is 12.1 Å². The lowest BCUT2D eigenvalue weighted by Crippen LogP contribution is -2.27. The van der Waals surface area contributed by atoms with Crippen molar-refractivity contribution in [3.05, 3.63) is 28.2 Å². The zero-order valence-electron chi connectivity index (χ0n) is 8.95. The first-order valence-corrected chi connectivity index (χ1v) is 5.42. The van der Waals surface area contributed by atoms with E-state index in [1.165, 1.54) is 7.11 Å².